The second-order valence-corrected chi connectivity index (χ2v) is 5.87. The van der Waals surface area contributed by atoms with Gasteiger partial charge in [-0.3, -0.25) is 4.79 Å². The van der Waals surface area contributed by atoms with Gasteiger partial charge in [0, 0.05) is 33.8 Å². The highest BCUT2D eigenvalue weighted by Gasteiger charge is 2.08. The summed E-state index contributed by atoms with van der Waals surface area (Å²) in [6.07, 6.45) is 1.59. The maximum absolute atomic E-state index is 12.2. The molecule has 0 fully saturated rings. The van der Waals surface area contributed by atoms with E-state index in [4.69, 9.17) is 4.42 Å². The Kier molecular flexibility index (Phi) is 8.47. The minimum atomic E-state index is -0.127. The normalized spacial score (nSPS) is 9.76. The lowest BCUT2D eigenvalue weighted by molar-refractivity contribution is 0.0948. The first kappa shape index (κ1) is 21.0. The van der Waals surface area contributed by atoms with Crippen molar-refractivity contribution >= 4 is 35.8 Å². The Balaban J connectivity index is 0.00000312. The van der Waals surface area contributed by atoms with Gasteiger partial charge in [-0.25, -0.2) is 4.99 Å². The molecule has 1 amide bonds. The van der Waals surface area contributed by atoms with Crippen molar-refractivity contribution in [2.24, 2.45) is 4.99 Å². The molecule has 1 heterocycles. The maximum atomic E-state index is 12.2. The summed E-state index contributed by atoms with van der Waals surface area (Å²) >= 11 is 0. The van der Waals surface area contributed by atoms with Crippen LogP contribution in [0.25, 0.3) is 0 Å². The molecule has 0 unspecified atom stereocenters. The van der Waals surface area contributed by atoms with Crippen LogP contribution in [0.3, 0.4) is 0 Å². The second-order valence-electron chi connectivity index (χ2n) is 5.87. The molecule has 1 N–H and O–H groups in total. The van der Waals surface area contributed by atoms with Gasteiger partial charge in [-0.05, 0) is 29.8 Å². The first-order chi connectivity index (χ1) is 11.5. The zero-order valence-electron chi connectivity index (χ0n) is 15.0. The van der Waals surface area contributed by atoms with Gasteiger partial charge in [0.15, 0.2) is 5.96 Å². The molecule has 0 aliphatic carbocycles. The summed E-state index contributed by atoms with van der Waals surface area (Å²) in [5, 5.41) is 2.84. The van der Waals surface area contributed by atoms with Crippen LogP contribution in [-0.4, -0.2) is 49.9 Å². The zero-order chi connectivity index (χ0) is 17.5. The molecule has 0 saturated carbocycles. The number of carbonyl (C=O) groups is 1. The Morgan fingerprint density at radius 1 is 1.12 bits per heavy atom. The number of nitrogens with zero attached hydrogens (tertiary/aromatic N) is 3. The summed E-state index contributed by atoms with van der Waals surface area (Å²) in [5.74, 6) is 1.48. The van der Waals surface area contributed by atoms with E-state index in [2.05, 4.69) is 10.3 Å². The zero-order valence-corrected chi connectivity index (χ0v) is 17.4. The molecule has 0 aliphatic rings. The third-order valence-corrected chi connectivity index (χ3v) is 3.40. The van der Waals surface area contributed by atoms with Crippen LogP contribution in [0.2, 0.25) is 0 Å². The molecule has 1 aromatic carbocycles. The smallest absolute Gasteiger partial charge is 0.251 e. The fourth-order valence-electron chi connectivity index (χ4n) is 2.34. The van der Waals surface area contributed by atoms with Gasteiger partial charge in [0.05, 0.1) is 19.4 Å². The molecule has 1 aromatic heterocycles. The number of benzene rings is 1. The molecular formula is C18H25IN4O2. The molecule has 7 heteroatoms. The number of amides is 1. The minimum Gasteiger partial charge on any atom is -0.467 e. The van der Waals surface area contributed by atoms with Crippen molar-refractivity contribution in [2.75, 3.05) is 28.2 Å². The Morgan fingerprint density at radius 3 is 2.44 bits per heavy atom. The molecule has 0 aliphatic heterocycles. The number of hydrogen-bond donors (Lipinski definition) is 1. The monoisotopic (exact) mass is 456 g/mol. The molecule has 136 valence electrons. The van der Waals surface area contributed by atoms with E-state index >= 15 is 0 Å². The first-order valence-corrected chi connectivity index (χ1v) is 7.76. The lowest BCUT2D eigenvalue weighted by Crippen LogP contribution is -2.35. The van der Waals surface area contributed by atoms with E-state index in [1.54, 1.807) is 18.4 Å². The Bertz CT molecular complexity index is 687. The van der Waals surface area contributed by atoms with Crippen LogP contribution in [0.1, 0.15) is 21.7 Å². The van der Waals surface area contributed by atoms with Crippen LogP contribution in [-0.2, 0) is 13.1 Å². The number of rotatable bonds is 5. The van der Waals surface area contributed by atoms with Crippen LogP contribution in [0, 0.1) is 0 Å². The number of nitrogens with one attached hydrogen (secondary N) is 1. The molecule has 0 bridgehead atoms. The molecule has 6 nitrogen and oxygen atoms in total. The highest BCUT2D eigenvalue weighted by molar-refractivity contribution is 14.0. The Labute approximate surface area is 165 Å². The summed E-state index contributed by atoms with van der Waals surface area (Å²) in [4.78, 5) is 20.8. The Hall–Kier alpha value is -2.03. The van der Waals surface area contributed by atoms with Gasteiger partial charge in [0.1, 0.15) is 5.76 Å². The van der Waals surface area contributed by atoms with E-state index in [0.717, 1.165) is 17.3 Å². The van der Waals surface area contributed by atoms with Gasteiger partial charge in [-0.1, -0.05) is 12.1 Å². The summed E-state index contributed by atoms with van der Waals surface area (Å²) in [6, 6.07) is 11.1. The summed E-state index contributed by atoms with van der Waals surface area (Å²) in [6.45, 7) is 0.893. The van der Waals surface area contributed by atoms with E-state index < -0.39 is 0 Å². The molecule has 0 spiro atoms. The van der Waals surface area contributed by atoms with Gasteiger partial charge in [-0.2, -0.15) is 0 Å². The van der Waals surface area contributed by atoms with Gasteiger partial charge in [0.25, 0.3) is 5.91 Å². The van der Waals surface area contributed by atoms with E-state index in [9.17, 15) is 4.79 Å². The standard InChI is InChI=1S/C18H24N4O2.HI/c1-21(2)18(22(3)4)20-12-14-7-5-8-15(11-14)17(23)19-13-16-9-6-10-24-16;/h5-11H,12-13H2,1-4H3,(H,19,23);1H. The quantitative estimate of drug-likeness (QED) is 0.427. The number of guanidine groups is 1. The van der Waals surface area contributed by atoms with Crippen molar-refractivity contribution in [3.63, 3.8) is 0 Å². The summed E-state index contributed by atoms with van der Waals surface area (Å²) < 4.78 is 5.21. The number of aliphatic imine (C=N–C) groups is 1. The predicted octanol–water partition coefficient (Wildman–Crippen LogP) is 2.81. The minimum absolute atomic E-state index is 0. The Morgan fingerprint density at radius 2 is 1.84 bits per heavy atom. The van der Waals surface area contributed by atoms with Crippen molar-refractivity contribution in [2.45, 2.75) is 13.1 Å². The third-order valence-electron chi connectivity index (χ3n) is 3.40. The average molecular weight is 456 g/mol. The molecule has 0 saturated heterocycles. The fourth-order valence-corrected chi connectivity index (χ4v) is 2.34. The van der Waals surface area contributed by atoms with Crippen LogP contribution < -0.4 is 5.32 Å². The average Bonchev–Trinajstić information content (AvgIpc) is 3.06. The SMILES string of the molecule is CN(C)C(=NCc1cccc(C(=O)NCc2ccco2)c1)N(C)C.I. The van der Waals surface area contributed by atoms with E-state index in [-0.39, 0.29) is 29.9 Å². The van der Waals surface area contributed by atoms with Crippen molar-refractivity contribution in [3.05, 3.63) is 59.5 Å². The van der Waals surface area contributed by atoms with E-state index in [0.29, 0.717) is 18.7 Å². The number of furan rings is 1. The van der Waals surface area contributed by atoms with Crippen molar-refractivity contribution < 1.29 is 9.21 Å². The van der Waals surface area contributed by atoms with Gasteiger partial charge >= 0.3 is 0 Å². The van der Waals surface area contributed by atoms with Crippen molar-refractivity contribution in [1.29, 1.82) is 0 Å². The van der Waals surface area contributed by atoms with Crippen molar-refractivity contribution in [1.82, 2.24) is 15.1 Å². The van der Waals surface area contributed by atoms with Gasteiger partial charge < -0.3 is 19.5 Å². The van der Waals surface area contributed by atoms with Crippen LogP contribution in [0.15, 0.2) is 52.1 Å². The van der Waals surface area contributed by atoms with Crippen LogP contribution in [0.4, 0.5) is 0 Å². The van der Waals surface area contributed by atoms with Gasteiger partial charge in [-0.15, -0.1) is 24.0 Å². The highest BCUT2D eigenvalue weighted by Crippen LogP contribution is 2.08. The summed E-state index contributed by atoms with van der Waals surface area (Å²) in [7, 11) is 7.82. The second kappa shape index (κ2) is 10.1. The highest BCUT2D eigenvalue weighted by atomic mass is 127. The topological polar surface area (TPSA) is 61.1 Å². The molecule has 2 aromatic rings. The largest absolute Gasteiger partial charge is 0.467 e. The first-order valence-electron chi connectivity index (χ1n) is 7.76. The molecular weight excluding hydrogens is 431 g/mol. The number of hydrogen-bond acceptors (Lipinski definition) is 3. The lowest BCUT2D eigenvalue weighted by atomic mass is 10.1. The predicted molar refractivity (Wildman–Crippen MR) is 110 cm³/mol. The van der Waals surface area contributed by atoms with Crippen LogP contribution in [0.5, 0.6) is 0 Å². The number of halogens is 1. The van der Waals surface area contributed by atoms with E-state index in [1.807, 2.05) is 62.3 Å². The molecule has 25 heavy (non-hydrogen) atoms. The molecule has 0 radical (unpaired) electrons. The van der Waals surface area contributed by atoms with E-state index in [1.165, 1.54) is 0 Å². The van der Waals surface area contributed by atoms with Crippen LogP contribution >= 0.6 is 24.0 Å². The third kappa shape index (κ3) is 6.41. The van der Waals surface area contributed by atoms with Crippen molar-refractivity contribution in [3.8, 4) is 0 Å². The lowest BCUT2D eigenvalue weighted by Gasteiger charge is -2.22. The van der Waals surface area contributed by atoms with Gasteiger partial charge in [0.2, 0.25) is 0 Å². The summed E-state index contributed by atoms with van der Waals surface area (Å²) in [5.41, 5.74) is 1.60. The maximum Gasteiger partial charge on any atom is 0.251 e. The number of carbonyl (C=O) groups excluding carboxylic acids is 1. The molecule has 0 atom stereocenters. The fraction of sp³-hybridized carbons (Fsp3) is 0.333. The molecule has 2 rings (SSSR count).